The highest BCUT2D eigenvalue weighted by Gasteiger charge is 2.26. The fourth-order valence-electron chi connectivity index (χ4n) is 2.63. The zero-order valence-electron chi connectivity index (χ0n) is 10.9. The van der Waals surface area contributed by atoms with Crippen molar-refractivity contribution in [2.75, 3.05) is 13.7 Å². The first-order valence-corrected chi connectivity index (χ1v) is 6.07. The number of hydrogen-bond acceptors (Lipinski definition) is 3. The average Bonchev–Trinajstić information content (AvgIpc) is 2.16. The van der Waals surface area contributed by atoms with Crippen molar-refractivity contribution < 1.29 is 9.53 Å². The minimum Gasteiger partial charge on any atom is -0.383 e. The van der Waals surface area contributed by atoms with Gasteiger partial charge in [-0.3, -0.25) is 4.79 Å². The summed E-state index contributed by atoms with van der Waals surface area (Å²) < 4.78 is 4.87. The van der Waals surface area contributed by atoms with Gasteiger partial charge in [-0.05, 0) is 31.1 Å². The molecular formula is C12H25ClN2O2. The zero-order valence-corrected chi connectivity index (χ0v) is 11.8. The van der Waals surface area contributed by atoms with Crippen molar-refractivity contribution in [3.05, 3.63) is 0 Å². The first-order valence-electron chi connectivity index (χ1n) is 6.07. The Balaban J connectivity index is 0.00000256. The molecule has 4 nitrogen and oxygen atoms in total. The van der Waals surface area contributed by atoms with Crippen molar-refractivity contribution in [1.29, 1.82) is 0 Å². The third-order valence-electron chi connectivity index (χ3n) is 3.21. The maximum Gasteiger partial charge on any atom is 0.239 e. The van der Waals surface area contributed by atoms with E-state index in [2.05, 4.69) is 19.2 Å². The molecule has 0 bridgehead atoms. The van der Waals surface area contributed by atoms with Crippen molar-refractivity contribution in [3.8, 4) is 0 Å². The van der Waals surface area contributed by atoms with Crippen molar-refractivity contribution in [3.63, 3.8) is 0 Å². The molecule has 1 amide bonds. The monoisotopic (exact) mass is 264 g/mol. The molecule has 1 fully saturated rings. The summed E-state index contributed by atoms with van der Waals surface area (Å²) in [5.41, 5.74) is 5.68. The fourth-order valence-corrected chi connectivity index (χ4v) is 2.63. The molecule has 102 valence electrons. The van der Waals surface area contributed by atoms with E-state index < -0.39 is 6.04 Å². The van der Waals surface area contributed by atoms with Crippen LogP contribution in [0.15, 0.2) is 0 Å². The number of carbonyl (C=O) groups is 1. The number of rotatable bonds is 4. The van der Waals surface area contributed by atoms with Gasteiger partial charge >= 0.3 is 0 Å². The second-order valence-corrected chi connectivity index (χ2v) is 5.18. The second kappa shape index (κ2) is 7.90. The quantitative estimate of drug-likeness (QED) is 0.805. The van der Waals surface area contributed by atoms with Crippen LogP contribution in [0.1, 0.15) is 33.1 Å². The lowest BCUT2D eigenvalue weighted by Crippen LogP contribution is -2.49. The Labute approximate surface area is 110 Å². The summed E-state index contributed by atoms with van der Waals surface area (Å²) in [6.45, 7) is 4.76. The molecule has 0 aromatic heterocycles. The van der Waals surface area contributed by atoms with E-state index in [-0.39, 0.29) is 31.0 Å². The molecule has 0 radical (unpaired) electrons. The summed E-state index contributed by atoms with van der Waals surface area (Å²) >= 11 is 0. The smallest absolute Gasteiger partial charge is 0.239 e. The topological polar surface area (TPSA) is 64.3 Å². The number of methoxy groups -OCH3 is 1. The largest absolute Gasteiger partial charge is 0.383 e. The Morgan fingerprint density at radius 1 is 1.35 bits per heavy atom. The Morgan fingerprint density at radius 3 is 2.35 bits per heavy atom. The standard InChI is InChI=1S/C12H24N2O2.ClH/c1-8-4-9(2)6-10(5-8)14-12(15)11(13)7-16-3;/h8-11H,4-7,13H2,1-3H3,(H,14,15);1H. The van der Waals surface area contributed by atoms with Crippen LogP contribution in [0.2, 0.25) is 0 Å². The predicted molar refractivity (Wildman–Crippen MR) is 71.2 cm³/mol. The van der Waals surface area contributed by atoms with Gasteiger partial charge in [0.2, 0.25) is 5.91 Å². The highest BCUT2D eigenvalue weighted by Crippen LogP contribution is 2.28. The third-order valence-corrected chi connectivity index (χ3v) is 3.21. The fraction of sp³-hybridized carbons (Fsp3) is 0.917. The van der Waals surface area contributed by atoms with Crippen molar-refractivity contribution in [2.24, 2.45) is 17.6 Å². The van der Waals surface area contributed by atoms with E-state index in [0.29, 0.717) is 11.8 Å². The molecule has 0 aromatic carbocycles. The third kappa shape index (κ3) is 5.70. The van der Waals surface area contributed by atoms with Crippen LogP contribution >= 0.6 is 12.4 Å². The zero-order chi connectivity index (χ0) is 12.1. The molecule has 1 rings (SSSR count). The van der Waals surface area contributed by atoms with Crippen molar-refractivity contribution >= 4 is 18.3 Å². The summed E-state index contributed by atoms with van der Waals surface area (Å²) in [7, 11) is 1.55. The molecular weight excluding hydrogens is 240 g/mol. The lowest BCUT2D eigenvalue weighted by molar-refractivity contribution is -0.124. The van der Waals surface area contributed by atoms with E-state index in [1.54, 1.807) is 7.11 Å². The van der Waals surface area contributed by atoms with Gasteiger partial charge in [0.15, 0.2) is 0 Å². The maximum atomic E-state index is 11.7. The molecule has 1 saturated carbocycles. The number of amides is 1. The van der Waals surface area contributed by atoms with E-state index in [1.165, 1.54) is 6.42 Å². The minimum atomic E-state index is -0.544. The molecule has 3 N–H and O–H groups in total. The summed E-state index contributed by atoms with van der Waals surface area (Å²) in [6, 6.07) is -0.258. The number of ether oxygens (including phenoxy) is 1. The molecule has 0 aromatic rings. The summed E-state index contributed by atoms with van der Waals surface area (Å²) in [6.07, 6.45) is 3.39. The van der Waals surface area contributed by atoms with Gasteiger partial charge in [0.05, 0.1) is 6.61 Å². The Morgan fingerprint density at radius 2 is 1.88 bits per heavy atom. The first-order chi connectivity index (χ1) is 7.52. The van der Waals surface area contributed by atoms with Crippen LogP contribution in [0.25, 0.3) is 0 Å². The normalized spacial score (nSPS) is 30.2. The SMILES string of the molecule is COCC(N)C(=O)NC1CC(C)CC(C)C1.Cl. The lowest BCUT2D eigenvalue weighted by Gasteiger charge is -2.32. The van der Waals surface area contributed by atoms with Crippen LogP contribution in [0, 0.1) is 11.8 Å². The summed E-state index contributed by atoms with van der Waals surface area (Å²) in [5, 5.41) is 3.02. The van der Waals surface area contributed by atoms with Gasteiger partial charge < -0.3 is 15.8 Å². The molecule has 5 heteroatoms. The highest BCUT2D eigenvalue weighted by molar-refractivity contribution is 5.85. The number of hydrogen-bond donors (Lipinski definition) is 2. The molecule has 0 saturated heterocycles. The van der Waals surface area contributed by atoms with E-state index in [0.717, 1.165) is 12.8 Å². The van der Waals surface area contributed by atoms with Gasteiger partial charge in [0, 0.05) is 13.2 Å². The van der Waals surface area contributed by atoms with Crippen LogP contribution < -0.4 is 11.1 Å². The highest BCUT2D eigenvalue weighted by atomic mass is 35.5. The minimum absolute atomic E-state index is 0. The lowest BCUT2D eigenvalue weighted by atomic mass is 9.80. The predicted octanol–water partition coefficient (Wildman–Crippen LogP) is 1.32. The average molecular weight is 265 g/mol. The van der Waals surface area contributed by atoms with Crippen molar-refractivity contribution in [1.82, 2.24) is 5.32 Å². The van der Waals surface area contributed by atoms with Gasteiger partial charge in [-0.15, -0.1) is 12.4 Å². The van der Waals surface area contributed by atoms with Crippen LogP contribution in [0.4, 0.5) is 0 Å². The number of nitrogens with one attached hydrogen (secondary N) is 1. The molecule has 1 aliphatic rings. The van der Waals surface area contributed by atoms with Crippen LogP contribution in [0.5, 0.6) is 0 Å². The Hall–Kier alpha value is -0.320. The molecule has 17 heavy (non-hydrogen) atoms. The number of carbonyl (C=O) groups excluding carboxylic acids is 1. The van der Waals surface area contributed by atoms with Gasteiger partial charge in [-0.1, -0.05) is 13.8 Å². The van der Waals surface area contributed by atoms with E-state index >= 15 is 0 Å². The molecule has 3 unspecified atom stereocenters. The van der Waals surface area contributed by atoms with Gasteiger partial charge in [-0.2, -0.15) is 0 Å². The van der Waals surface area contributed by atoms with Crippen molar-refractivity contribution in [2.45, 2.75) is 45.2 Å². The Kier molecular flexibility index (Phi) is 7.75. The molecule has 3 atom stereocenters. The van der Waals surface area contributed by atoms with E-state index in [9.17, 15) is 4.79 Å². The Bertz CT molecular complexity index is 229. The van der Waals surface area contributed by atoms with Crippen LogP contribution in [-0.4, -0.2) is 31.7 Å². The molecule has 0 heterocycles. The van der Waals surface area contributed by atoms with Crippen LogP contribution in [-0.2, 0) is 9.53 Å². The summed E-state index contributed by atoms with van der Waals surface area (Å²) in [5.74, 6) is 1.29. The number of halogens is 1. The van der Waals surface area contributed by atoms with Gasteiger partial charge in [0.1, 0.15) is 6.04 Å². The summed E-state index contributed by atoms with van der Waals surface area (Å²) in [4.78, 5) is 11.7. The van der Waals surface area contributed by atoms with E-state index in [1.807, 2.05) is 0 Å². The van der Waals surface area contributed by atoms with E-state index in [4.69, 9.17) is 10.5 Å². The first kappa shape index (κ1) is 16.7. The van der Waals surface area contributed by atoms with Gasteiger partial charge in [0.25, 0.3) is 0 Å². The maximum absolute atomic E-state index is 11.7. The van der Waals surface area contributed by atoms with Crippen LogP contribution in [0.3, 0.4) is 0 Å². The molecule has 0 aliphatic heterocycles. The van der Waals surface area contributed by atoms with Gasteiger partial charge in [-0.25, -0.2) is 0 Å². The molecule has 0 spiro atoms. The molecule has 1 aliphatic carbocycles. The second-order valence-electron chi connectivity index (χ2n) is 5.18. The number of nitrogens with two attached hydrogens (primary N) is 1.